The monoisotopic (exact) mass is 278 g/mol. The molecule has 0 radical (unpaired) electrons. The molecule has 1 aromatic carbocycles. The molecule has 0 fully saturated rings. The molecule has 4 heteroatoms. The fourth-order valence-electron chi connectivity index (χ4n) is 1.62. The fraction of sp³-hybridized carbons (Fsp3) is 0.375. The van der Waals surface area contributed by atoms with E-state index in [1.807, 2.05) is 32.1 Å². The smallest absolute Gasteiger partial charge is 0.203 e. The lowest BCUT2D eigenvalue weighted by atomic mass is 10.1. The first kappa shape index (κ1) is 16.1. The van der Waals surface area contributed by atoms with Crippen molar-refractivity contribution in [1.82, 2.24) is 0 Å². The summed E-state index contributed by atoms with van der Waals surface area (Å²) in [5.41, 5.74) is 2.06. The van der Waals surface area contributed by atoms with Crippen LogP contribution in [0.2, 0.25) is 0 Å². The lowest BCUT2D eigenvalue weighted by molar-refractivity contribution is 0.300. The number of aliphatic hydroxyl groups is 1. The molecule has 110 valence electrons. The summed E-state index contributed by atoms with van der Waals surface area (Å²) in [4.78, 5) is 0. The number of rotatable bonds is 7. The van der Waals surface area contributed by atoms with Crippen molar-refractivity contribution < 1.29 is 19.3 Å². The Morgan fingerprint density at radius 3 is 2.20 bits per heavy atom. The van der Waals surface area contributed by atoms with Crippen molar-refractivity contribution in [3.8, 4) is 17.2 Å². The molecule has 0 spiro atoms. The number of hydrogen-bond donors (Lipinski definition) is 1. The van der Waals surface area contributed by atoms with Crippen LogP contribution in [0.25, 0.3) is 6.08 Å². The highest BCUT2D eigenvalue weighted by atomic mass is 16.5. The first-order chi connectivity index (χ1) is 9.62. The van der Waals surface area contributed by atoms with Gasteiger partial charge in [0.25, 0.3) is 0 Å². The maximum Gasteiger partial charge on any atom is 0.203 e. The minimum absolute atomic E-state index is 0.0105. The van der Waals surface area contributed by atoms with Gasteiger partial charge in [-0.15, -0.1) is 0 Å². The summed E-state index contributed by atoms with van der Waals surface area (Å²) in [6.45, 7) is 4.48. The second-order valence-corrected chi connectivity index (χ2v) is 4.43. The second-order valence-electron chi connectivity index (χ2n) is 4.43. The van der Waals surface area contributed by atoms with Gasteiger partial charge in [0.2, 0.25) is 5.75 Å². The zero-order valence-corrected chi connectivity index (χ0v) is 12.5. The van der Waals surface area contributed by atoms with Crippen molar-refractivity contribution in [1.29, 1.82) is 0 Å². The summed E-state index contributed by atoms with van der Waals surface area (Å²) in [5.74, 6) is 1.78. The van der Waals surface area contributed by atoms with Crippen LogP contribution in [0.5, 0.6) is 17.2 Å². The van der Waals surface area contributed by atoms with Gasteiger partial charge >= 0.3 is 0 Å². The average molecular weight is 278 g/mol. The molecule has 0 aliphatic heterocycles. The molecule has 0 amide bonds. The molecule has 0 aliphatic rings. The van der Waals surface area contributed by atoms with Gasteiger partial charge in [0.1, 0.15) is 6.61 Å². The highest BCUT2D eigenvalue weighted by molar-refractivity contribution is 5.62. The van der Waals surface area contributed by atoms with Gasteiger partial charge in [-0.25, -0.2) is 0 Å². The van der Waals surface area contributed by atoms with E-state index >= 15 is 0 Å². The standard InChI is InChI=1S/C16H22O4/c1-12(2)7-9-20-16-14(18-3)10-13(6-5-8-17)11-15(16)19-4/h5-7,10-11,17H,8-9H2,1-4H3/b6-5+. The highest BCUT2D eigenvalue weighted by Crippen LogP contribution is 2.38. The minimum Gasteiger partial charge on any atom is -0.493 e. The van der Waals surface area contributed by atoms with Gasteiger partial charge in [-0.2, -0.15) is 0 Å². The number of aliphatic hydroxyl groups excluding tert-OH is 1. The van der Waals surface area contributed by atoms with Gasteiger partial charge in [0.15, 0.2) is 11.5 Å². The Balaban J connectivity index is 3.08. The minimum atomic E-state index is -0.0105. The average Bonchev–Trinajstić information content (AvgIpc) is 2.44. The number of allylic oxidation sites excluding steroid dienone is 1. The van der Waals surface area contributed by atoms with E-state index in [1.165, 1.54) is 5.57 Å². The molecular weight excluding hydrogens is 256 g/mol. The van der Waals surface area contributed by atoms with Crippen molar-refractivity contribution in [2.45, 2.75) is 13.8 Å². The predicted molar refractivity (Wildman–Crippen MR) is 80.6 cm³/mol. The van der Waals surface area contributed by atoms with Crippen molar-refractivity contribution in [3.63, 3.8) is 0 Å². The molecule has 0 unspecified atom stereocenters. The number of ether oxygens (including phenoxy) is 3. The summed E-state index contributed by atoms with van der Waals surface area (Å²) >= 11 is 0. The van der Waals surface area contributed by atoms with Crippen LogP contribution in [0.4, 0.5) is 0 Å². The van der Waals surface area contributed by atoms with Crippen LogP contribution in [0.3, 0.4) is 0 Å². The first-order valence-corrected chi connectivity index (χ1v) is 6.42. The van der Waals surface area contributed by atoms with E-state index in [4.69, 9.17) is 19.3 Å². The van der Waals surface area contributed by atoms with Crippen molar-refractivity contribution >= 4 is 6.08 Å². The van der Waals surface area contributed by atoms with Gasteiger partial charge in [0, 0.05) is 0 Å². The molecule has 0 bridgehead atoms. The molecule has 0 heterocycles. The molecule has 0 aromatic heterocycles. The molecule has 0 atom stereocenters. The number of hydrogen-bond acceptors (Lipinski definition) is 4. The summed E-state index contributed by atoms with van der Waals surface area (Å²) in [6.07, 6.45) is 5.43. The second kappa shape index (κ2) is 8.27. The van der Waals surface area contributed by atoms with Gasteiger partial charge < -0.3 is 19.3 Å². The third kappa shape index (κ3) is 4.63. The summed E-state index contributed by atoms with van der Waals surface area (Å²) in [6, 6.07) is 3.68. The SMILES string of the molecule is COc1cc(/C=C/CO)cc(OC)c1OCC=C(C)C. The molecule has 1 rings (SSSR count). The molecule has 20 heavy (non-hydrogen) atoms. The Hall–Kier alpha value is -1.94. The molecule has 1 aromatic rings. The third-order valence-corrected chi connectivity index (χ3v) is 2.62. The Bertz CT molecular complexity index is 460. The Kier molecular flexibility index (Phi) is 6.67. The number of methoxy groups -OCH3 is 2. The van der Waals surface area contributed by atoms with Crippen LogP contribution >= 0.6 is 0 Å². The van der Waals surface area contributed by atoms with Gasteiger partial charge in [-0.05, 0) is 37.6 Å². The molecule has 0 aliphatic carbocycles. The predicted octanol–water partition coefficient (Wildman–Crippen LogP) is 3.05. The van der Waals surface area contributed by atoms with E-state index in [9.17, 15) is 0 Å². The number of benzene rings is 1. The van der Waals surface area contributed by atoms with Crippen molar-refractivity contribution in [2.75, 3.05) is 27.4 Å². The quantitative estimate of drug-likeness (QED) is 0.779. The summed E-state index contributed by atoms with van der Waals surface area (Å²) in [7, 11) is 3.17. The zero-order chi connectivity index (χ0) is 15.0. The molecule has 4 nitrogen and oxygen atoms in total. The van der Waals surface area contributed by atoms with Crippen LogP contribution in [0.15, 0.2) is 29.9 Å². The third-order valence-electron chi connectivity index (χ3n) is 2.62. The normalized spacial score (nSPS) is 10.4. The highest BCUT2D eigenvalue weighted by Gasteiger charge is 2.13. The van der Waals surface area contributed by atoms with E-state index in [0.29, 0.717) is 23.9 Å². The maximum absolute atomic E-state index is 8.82. The van der Waals surface area contributed by atoms with Crippen LogP contribution in [0, 0.1) is 0 Å². The molecule has 0 saturated heterocycles. The fourth-order valence-corrected chi connectivity index (χ4v) is 1.62. The lowest BCUT2D eigenvalue weighted by Crippen LogP contribution is -2.00. The first-order valence-electron chi connectivity index (χ1n) is 6.42. The van der Waals surface area contributed by atoms with Crippen molar-refractivity contribution in [3.05, 3.63) is 35.4 Å². The molecule has 0 saturated carbocycles. The Morgan fingerprint density at radius 2 is 1.75 bits per heavy atom. The zero-order valence-electron chi connectivity index (χ0n) is 12.5. The van der Waals surface area contributed by atoms with E-state index in [1.54, 1.807) is 26.4 Å². The Labute approximate surface area is 120 Å². The van der Waals surface area contributed by atoms with E-state index < -0.39 is 0 Å². The van der Waals surface area contributed by atoms with Crippen molar-refractivity contribution in [2.24, 2.45) is 0 Å². The largest absolute Gasteiger partial charge is 0.493 e. The van der Waals surface area contributed by atoms with Crippen LogP contribution < -0.4 is 14.2 Å². The Morgan fingerprint density at radius 1 is 1.15 bits per heavy atom. The lowest BCUT2D eigenvalue weighted by Gasteiger charge is -2.14. The maximum atomic E-state index is 8.82. The topological polar surface area (TPSA) is 47.9 Å². The molecular formula is C16H22O4. The van der Waals surface area contributed by atoms with Gasteiger partial charge in [-0.3, -0.25) is 0 Å². The summed E-state index contributed by atoms with van der Waals surface area (Å²) < 4.78 is 16.4. The van der Waals surface area contributed by atoms with Gasteiger partial charge in [0.05, 0.1) is 20.8 Å². The van der Waals surface area contributed by atoms with Crippen LogP contribution in [-0.2, 0) is 0 Å². The van der Waals surface area contributed by atoms with Crippen LogP contribution in [0.1, 0.15) is 19.4 Å². The van der Waals surface area contributed by atoms with E-state index in [-0.39, 0.29) is 6.61 Å². The molecule has 1 N–H and O–H groups in total. The van der Waals surface area contributed by atoms with Gasteiger partial charge in [-0.1, -0.05) is 17.7 Å². The van der Waals surface area contributed by atoms with E-state index in [2.05, 4.69) is 0 Å². The van der Waals surface area contributed by atoms with Crippen LogP contribution in [-0.4, -0.2) is 32.5 Å². The summed E-state index contributed by atoms with van der Waals surface area (Å²) in [5, 5.41) is 8.82. The van der Waals surface area contributed by atoms with E-state index in [0.717, 1.165) is 5.56 Å².